The Morgan fingerprint density at radius 2 is 1.42 bits per heavy atom. The first kappa shape index (κ1) is 26.7. The summed E-state index contributed by atoms with van der Waals surface area (Å²) in [7, 11) is 0. The van der Waals surface area contributed by atoms with Crippen molar-refractivity contribution in [2.75, 3.05) is 26.5 Å². The van der Waals surface area contributed by atoms with Crippen molar-refractivity contribution >= 4 is 18.1 Å². The number of ether oxygens (including phenoxy) is 3. The van der Waals surface area contributed by atoms with Crippen LogP contribution in [0.15, 0.2) is 78.9 Å². The van der Waals surface area contributed by atoms with Crippen molar-refractivity contribution < 1.29 is 28.6 Å². The van der Waals surface area contributed by atoms with E-state index in [1.165, 1.54) is 0 Å². The van der Waals surface area contributed by atoms with Gasteiger partial charge in [-0.2, -0.15) is 0 Å². The molecule has 3 aromatic carbocycles. The van der Waals surface area contributed by atoms with Gasteiger partial charge in [0, 0.05) is 12.5 Å². The SMILES string of the molecule is C[C@H](NC(=O)OCC1c2ccccc2-c2ccccc21)C(=O)NCOCCNC(=O)OCc1ccccc1. The number of hydrogen-bond acceptors (Lipinski definition) is 6. The molecule has 0 aliphatic heterocycles. The molecule has 0 bridgehead atoms. The standard InChI is InChI=1S/C29H31N3O6/c1-20(27(33)31-19-36-16-15-30-28(34)37-17-21-9-3-2-4-10-21)32-29(35)38-18-26-24-13-7-5-11-22(24)23-12-6-8-14-25(23)26/h2-14,20,26H,15-19H2,1H3,(H,30,34)(H,31,33)(H,32,35)/t20-/m0/s1. The third kappa shape index (κ3) is 7.10. The number of hydrogen-bond donors (Lipinski definition) is 3. The summed E-state index contributed by atoms with van der Waals surface area (Å²) in [6.45, 7) is 2.22. The van der Waals surface area contributed by atoms with Gasteiger partial charge in [-0.1, -0.05) is 78.9 Å². The van der Waals surface area contributed by atoms with Crippen LogP contribution in [-0.2, 0) is 25.6 Å². The van der Waals surface area contributed by atoms with Gasteiger partial charge >= 0.3 is 12.2 Å². The van der Waals surface area contributed by atoms with Crippen LogP contribution in [0.5, 0.6) is 0 Å². The first-order valence-corrected chi connectivity index (χ1v) is 12.4. The minimum Gasteiger partial charge on any atom is -0.449 e. The fourth-order valence-electron chi connectivity index (χ4n) is 4.23. The Balaban J connectivity index is 1.10. The van der Waals surface area contributed by atoms with Gasteiger partial charge in [-0.3, -0.25) is 4.79 Å². The summed E-state index contributed by atoms with van der Waals surface area (Å²) >= 11 is 0. The summed E-state index contributed by atoms with van der Waals surface area (Å²) in [4.78, 5) is 36.3. The third-order valence-electron chi connectivity index (χ3n) is 6.15. The fraction of sp³-hybridized carbons (Fsp3) is 0.276. The summed E-state index contributed by atoms with van der Waals surface area (Å²) < 4.78 is 15.9. The molecule has 0 saturated heterocycles. The van der Waals surface area contributed by atoms with Crippen LogP contribution in [0.25, 0.3) is 11.1 Å². The topological polar surface area (TPSA) is 115 Å². The first-order valence-electron chi connectivity index (χ1n) is 12.4. The molecular formula is C29H31N3O6. The number of rotatable bonds is 11. The Labute approximate surface area is 221 Å². The fourth-order valence-corrected chi connectivity index (χ4v) is 4.23. The molecular weight excluding hydrogens is 486 g/mol. The van der Waals surface area contributed by atoms with E-state index in [0.717, 1.165) is 27.8 Å². The highest BCUT2D eigenvalue weighted by Crippen LogP contribution is 2.44. The van der Waals surface area contributed by atoms with E-state index in [0.29, 0.717) is 0 Å². The Hall–Kier alpha value is -4.37. The molecule has 0 saturated carbocycles. The molecule has 3 amide bonds. The molecule has 1 aliphatic carbocycles. The second-order valence-electron chi connectivity index (χ2n) is 8.77. The lowest BCUT2D eigenvalue weighted by atomic mass is 9.98. The van der Waals surface area contributed by atoms with E-state index in [-0.39, 0.29) is 39.0 Å². The molecule has 1 aliphatic rings. The van der Waals surface area contributed by atoms with Crippen LogP contribution >= 0.6 is 0 Å². The zero-order valence-corrected chi connectivity index (χ0v) is 21.1. The molecule has 0 heterocycles. The van der Waals surface area contributed by atoms with E-state index in [4.69, 9.17) is 14.2 Å². The van der Waals surface area contributed by atoms with Gasteiger partial charge in [-0.15, -0.1) is 0 Å². The minimum absolute atomic E-state index is 0.0603. The van der Waals surface area contributed by atoms with Gasteiger partial charge in [-0.05, 0) is 34.7 Å². The number of benzene rings is 3. The van der Waals surface area contributed by atoms with E-state index in [1.807, 2.05) is 66.7 Å². The quantitative estimate of drug-likeness (QED) is 0.262. The lowest BCUT2D eigenvalue weighted by Crippen LogP contribution is -2.45. The van der Waals surface area contributed by atoms with Crippen LogP contribution in [0.1, 0.15) is 29.5 Å². The number of carbonyl (C=O) groups excluding carboxylic acids is 3. The third-order valence-corrected chi connectivity index (χ3v) is 6.15. The molecule has 0 fully saturated rings. The number of alkyl carbamates (subject to hydrolysis) is 2. The summed E-state index contributed by atoms with van der Waals surface area (Å²) in [5.74, 6) is -0.483. The molecule has 38 heavy (non-hydrogen) atoms. The first-order chi connectivity index (χ1) is 18.5. The maximum atomic E-state index is 12.4. The average molecular weight is 518 g/mol. The highest BCUT2D eigenvalue weighted by atomic mass is 16.6. The number of amides is 3. The van der Waals surface area contributed by atoms with Gasteiger partial charge < -0.3 is 30.2 Å². The molecule has 0 aromatic heterocycles. The van der Waals surface area contributed by atoms with Crippen LogP contribution in [0.2, 0.25) is 0 Å². The molecule has 3 aromatic rings. The van der Waals surface area contributed by atoms with Crippen molar-refractivity contribution in [3.63, 3.8) is 0 Å². The van der Waals surface area contributed by atoms with Crippen LogP contribution in [0, 0.1) is 0 Å². The zero-order chi connectivity index (χ0) is 26.7. The van der Waals surface area contributed by atoms with Gasteiger partial charge in [0.25, 0.3) is 0 Å². The summed E-state index contributed by atoms with van der Waals surface area (Å²) in [6.07, 6.45) is -1.23. The predicted octanol–water partition coefficient (Wildman–Crippen LogP) is 3.93. The Kier molecular flexibility index (Phi) is 9.31. The van der Waals surface area contributed by atoms with Crippen LogP contribution in [0.3, 0.4) is 0 Å². The van der Waals surface area contributed by atoms with Crippen molar-refractivity contribution in [2.45, 2.75) is 25.5 Å². The van der Waals surface area contributed by atoms with Crippen molar-refractivity contribution in [1.82, 2.24) is 16.0 Å². The predicted molar refractivity (Wildman–Crippen MR) is 141 cm³/mol. The normalized spacial score (nSPS) is 12.6. The second kappa shape index (κ2) is 13.3. The van der Waals surface area contributed by atoms with Crippen molar-refractivity contribution in [1.29, 1.82) is 0 Å². The average Bonchev–Trinajstić information content (AvgIpc) is 3.26. The maximum Gasteiger partial charge on any atom is 0.407 e. The minimum atomic E-state index is -0.819. The lowest BCUT2D eigenvalue weighted by Gasteiger charge is -2.17. The molecule has 3 N–H and O–H groups in total. The number of nitrogens with one attached hydrogen (secondary N) is 3. The Morgan fingerprint density at radius 1 is 0.789 bits per heavy atom. The Morgan fingerprint density at radius 3 is 2.11 bits per heavy atom. The molecule has 4 rings (SSSR count). The number of fused-ring (bicyclic) bond motifs is 3. The van der Waals surface area contributed by atoms with Crippen molar-refractivity contribution in [2.24, 2.45) is 0 Å². The molecule has 198 valence electrons. The van der Waals surface area contributed by atoms with Crippen LogP contribution in [0.4, 0.5) is 9.59 Å². The lowest BCUT2D eigenvalue weighted by molar-refractivity contribution is -0.124. The summed E-state index contributed by atoms with van der Waals surface area (Å²) in [5, 5.41) is 7.68. The van der Waals surface area contributed by atoms with Crippen molar-refractivity contribution in [3.8, 4) is 11.1 Å². The molecule has 9 heteroatoms. The van der Waals surface area contributed by atoms with Gasteiger partial charge in [0.1, 0.15) is 26.0 Å². The zero-order valence-electron chi connectivity index (χ0n) is 21.1. The van der Waals surface area contributed by atoms with E-state index in [2.05, 4.69) is 28.1 Å². The van der Waals surface area contributed by atoms with Gasteiger partial charge in [0.15, 0.2) is 0 Å². The molecule has 0 unspecified atom stereocenters. The highest BCUT2D eigenvalue weighted by molar-refractivity contribution is 5.85. The summed E-state index contributed by atoms with van der Waals surface area (Å²) in [5.41, 5.74) is 5.41. The van der Waals surface area contributed by atoms with E-state index >= 15 is 0 Å². The molecule has 0 radical (unpaired) electrons. The van der Waals surface area contributed by atoms with E-state index in [1.54, 1.807) is 6.92 Å². The maximum absolute atomic E-state index is 12.4. The monoisotopic (exact) mass is 517 g/mol. The van der Waals surface area contributed by atoms with E-state index in [9.17, 15) is 14.4 Å². The van der Waals surface area contributed by atoms with Crippen LogP contribution < -0.4 is 16.0 Å². The largest absolute Gasteiger partial charge is 0.449 e. The Bertz CT molecular complexity index is 1200. The van der Waals surface area contributed by atoms with Crippen molar-refractivity contribution in [3.05, 3.63) is 95.6 Å². The molecule has 1 atom stereocenters. The summed E-state index contributed by atoms with van der Waals surface area (Å²) in [6, 6.07) is 24.7. The number of carbonyl (C=O) groups is 3. The van der Waals surface area contributed by atoms with E-state index < -0.39 is 24.1 Å². The van der Waals surface area contributed by atoms with Gasteiger partial charge in [0.2, 0.25) is 5.91 Å². The molecule has 9 nitrogen and oxygen atoms in total. The second-order valence-corrected chi connectivity index (χ2v) is 8.77. The van der Waals surface area contributed by atoms with Gasteiger partial charge in [0.05, 0.1) is 6.61 Å². The van der Waals surface area contributed by atoms with Gasteiger partial charge in [-0.25, -0.2) is 9.59 Å². The molecule has 0 spiro atoms. The smallest absolute Gasteiger partial charge is 0.407 e. The highest BCUT2D eigenvalue weighted by Gasteiger charge is 2.29. The van der Waals surface area contributed by atoms with Crippen LogP contribution in [-0.4, -0.2) is 50.6 Å².